The lowest BCUT2D eigenvalue weighted by molar-refractivity contribution is 0.423. The van der Waals surface area contributed by atoms with Crippen molar-refractivity contribution < 1.29 is 0 Å². The zero-order valence-electron chi connectivity index (χ0n) is 11.2. The summed E-state index contributed by atoms with van der Waals surface area (Å²) in [6.45, 7) is 5.62. The van der Waals surface area contributed by atoms with E-state index in [0.29, 0.717) is 6.04 Å². The van der Waals surface area contributed by atoms with Crippen LogP contribution in [0.25, 0.3) is 0 Å². The molecule has 0 aliphatic heterocycles. The second-order valence-electron chi connectivity index (χ2n) is 5.82. The summed E-state index contributed by atoms with van der Waals surface area (Å²) >= 11 is 5.64. The van der Waals surface area contributed by atoms with E-state index in [-0.39, 0.29) is 0 Å². The minimum Gasteiger partial charge on any atom is -0.309 e. The van der Waals surface area contributed by atoms with E-state index in [1.807, 2.05) is 11.3 Å². The molecule has 18 heavy (non-hydrogen) atoms. The third kappa shape index (κ3) is 2.30. The molecule has 100 valence electrons. The molecule has 2 fully saturated rings. The number of rotatable bonds is 5. The van der Waals surface area contributed by atoms with Gasteiger partial charge in [0.1, 0.15) is 0 Å². The highest BCUT2D eigenvalue weighted by Gasteiger charge is 2.56. The van der Waals surface area contributed by atoms with Gasteiger partial charge in [-0.25, -0.2) is 0 Å². The predicted octanol–water partition coefficient (Wildman–Crippen LogP) is 4.91. The highest BCUT2D eigenvalue weighted by atomic mass is 79.9. The standard InChI is InChI=1S/C15H22BrNS/c1-3-7-17-15(13-8-12(16)9(2)18-13)14-10-5-4-6-11(10)14/h8,10-11,14-15,17H,3-7H2,1-2H3. The summed E-state index contributed by atoms with van der Waals surface area (Å²) in [5.74, 6) is 2.98. The van der Waals surface area contributed by atoms with Crippen LogP contribution < -0.4 is 5.32 Å². The molecule has 2 aliphatic carbocycles. The Hall–Kier alpha value is 0.140. The van der Waals surface area contributed by atoms with Gasteiger partial charge in [0.05, 0.1) is 0 Å². The first kappa shape index (κ1) is 13.1. The fourth-order valence-corrected chi connectivity index (χ4v) is 5.43. The van der Waals surface area contributed by atoms with Crippen molar-refractivity contribution in [1.82, 2.24) is 5.32 Å². The number of nitrogens with one attached hydrogen (secondary N) is 1. The van der Waals surface area contributed by atoms with Gasteiger partial charge >= 0.3 is 0 Å². The van der Waals surface area contributed by atoms with Crippen molar-refractivity contribution in [2.24, 2.45) is 17.8 Å². The molecule has 0 radical (unpaired) electrons. The Morgan fingerprint density at radius 2 is 2.17 bits per heavy atom. The molecule has 1 N–H and O–H groups in total. The lowest BCUT2D eigenvalue weighted by Crippen LogP contribution is -2.24. The Kier molecular flexibility index (Phi) is 3.84. The van der Waals surface area contributed by atoms with Gasteiger partial charge in [-0.1, -0.05) is 13.3 Å². The second-order valence-corrected chi connectivity index (χ2v) is 7.96. The van der Waals surface area contributed by atoms with Crippen LogP contribution in [0.15, 0.2) is 10.5 Å². The Balaban J connectivity index is 1.77. The fraction of sp³-hybridized carbons (Fsp3) is 0.733. The smallest absolute Gasteiger partial charge is 0.0449 e. The summed E-state index contributed by atoms with van der Waals surface area (Å²) in [6, 6.07) is 2.97. The van der Waals surface area contributed by atoms with Crippen LogP contribution in [-0.2, 0) is 0 Å². The number of hydrogen-bond acceptors (Lipinski definition) is 2. The molecule has 3 heteroatoms. The van der Waals surface area contributed by atoms with Crippen molar-refractivity contribution in [2.45, 2.75) is 45.6 Å². The summed E-state index contributed by atoms with van der Waals surface area (Å²) in [7, 11) is 0. The van der Waals surface area contributed by atoms with Crippen molar-refractivity contribution in [1.29, 1.82) is 0 Å². The average molecular weight is 328 g/mol. The molecule has 3 rings (SSSR count). The van der Waals surface area contributed by atoms with Crippen LogP contribution in [0, 0.1) is 24.7 Å². The first-order valence-corrected chi connectivity index (χ1v) is 8.82. The summed E-state index contributed by atoms with van der Waals surface area (Å²) in [5.41, 5.74) is 0. The molecule has 3 unspecified atom stereocenters. The van der Waals surface area contributed by atoms with Gasteiger partial charge in [-0.05, 0) is 72.5 Å². The van der Waals surface area contributed by atoms with Gasteiger partial charge < -0.3 is 5.32 Å². The zero-order valence-corrected chi connectivity index (χ0v) is 13.6. The molecule has 1 nitrogen and oxygen atoms in total. The molecule has 0 spiro atoms. The van der Waals surface area contributed by atoms with Gasteiger partial charge in [0, 0.05) is 20.3 Å². The SMILES string of the molecule is CCCNC(c1cc(Br)c(C)s1)C1C2CCCC21. The Bertz CT molecular complexity index is 399. The molecule has 1 aromatic heterocycles. The predicted molar refractivity (Wildman–Crippen MR) is 82.1 cm³/mol. The van der Waals surface area contributed by atoms with E-state index in [0.717, 1.165) is 24.3 Å². The molecule has 2 aliphatic rings. The maximum atomic E-state index is 3.81. The third-order valence-electron chi connectivity index (χ3n) is 4.65. The number of aryl methyl sites for hydroxylation is 1. The summed E-state index contributed by atoms with van der Waals surface area (Å²) in [5, 5.41) is 3.81. The van der Waals surface area contributed by atoms with Crippen LogP contribution in [0.1, 0.15) is 48.4 Å². The summed E-state index contributed by atoms with van der Waals surface area (Å²) < 4.78 is 1.29. The molecule has 0 aromatic carbocycles. The van der Waals surface area contributed by atoms with Crippen molar-refractivity contribution in [3.05, 3.63) is 20.3 Å². The lowest BCUT2D eigenvalue weighted by Gasteiger charge is -2.19. The molecular weight excluding hydrogens is 306 g/mol. The topological polar surface area (TPSA) is 12.0 Å². The quantitative estimate of drug-likeness (QED) is 0.810. The van der Waals surface area contributed by atoms with Crippen LogP contribution >= 0.6 is 27.3 Å². The lowest BCUT2D eigenvalue weighted by atomic mass is 10.0. The maximum Gasteiger partial charge on any atom is 0.0449 e. The van der Waals surface area contributed by atoms with Gasteiger partial charge in [0.15, 0.2) is 0 Å². The van der Waals surface area contributed by atoms with Crippen LogP contribution in [0.2, 0.25) is 0 Å². The van der Waals surface area contributed by atoms with Crippen LogP contribution in [-0.4, -0.2) is 6.54 Å². The van der Waals surface area contributed by atoms with Gasteiger partial charge in [-0.3, -0.25) is 0 Å². The molecule has 1 heterocycles. The average Bonchev–Trinajstić information content (AvgIpc) is 2.72. The van der Waals surface area contributed by atoms with E-state index in [2.05, 4.69) is 41.2 Å². The van der Waals surface area contributed by atoms with E-state index in [9.17, 15) is 0 Å². The van der Waals surface area contributed by atoms with Gasteiger partial charge in [-0.2, -0.15) is 0 Å². The highest BCUT2D eigenvalue weighted by Crippen LogP contribution is 2.62. The molecule has 0 saturated heterocycles. The van der Waals surface area contributed by atoms with Crippen molar-refractivity contribution >= 4 is 27.3 Å². The molecule has 3 atom stereocenters. The van der Waals surface area contributed by atoms with Crippen molar-refractivity contribution in [3.8, 4) is 0 Å². The van der Waals surface area contributed by atoms with Gasteiger partial charge in [0.2, 0.25) is 0 Å². The maximum absolute atomic E-state index is 3.81. The Morgan fingerprint density at radius 3 is 2.72 bits per heavy atom. The Morgan fingerprint density at radius 1 is 1.44 bits per heavy atom. The van der Waals surface area contributed by atoms with Crippen LogP contribution in [0.5, 0.6) is 0 Å². The molecular formula is C15H22BrNS. The molecule has 0 amide bonds. The van der Waals surface area contributed by atoms with E-state index < -0.39 is 0 Å². The molecule has 1 aromatic rings. The number of hydrogen-bond donors (Lipinski definition) is 1. The number of fused-ring (bicyclic) bond motifs is 1. The van der Waals surface area contributed by atoms with Crippen LogP contribution in [0.4, 0.5) is 0 Å². The van der Waals surface area contributed by atoms with E-state index in [1.54, 1.807) is 4.88 Å². The number of thiophene rings is 1. The normalized spacial score (nSPS) is 31.4. The molecule has 0 bridgehead atoms. The van der Waals surface area contributed by atoms with E-state index in [4.69, 9.17) is 0 Å². The third-order valence-corrected chi connectivity index (χ3v) is 6.87. The van der Waals surface area contributed by atoms with E-state index >= 15 is 0 Å². The fourth-order valence-electron chi connectivity index (χ4n) is 3.73. The van der Waals surface area contributed by atoms with Gasteiger partial charge in [0.25, 0.3) is 0 Å². The number of halogens is 1. The van der Waals surface area contributed by atoms with Gasteiger partial charge in [-0.15, -0.1) is 11.3 Å². The first-order valence-electron chi connectivity index (χ1n) is 7.21. The molecule has 2 saturated carbocycles. The van der Waals surface area contributed by atoms with Crippen LogP contribution in [0.3, 0.4) is 0 Å². The van der Waals surface area contributed by atoms with Crippen molar-refractivity contribution in [2.75, 3.05) is 6.54 Å². The Labute approximate surface area is 122 Å². The first-order chi connectivity index (χ1) is 8.72. The monoisotopic (exact) mass is 327 g/mol. The van der Waals surface area contributed by atoms with Crippen molar-refractivity contribution in [3.63, 3.8) is 0 Å². The second kappa shape index (κ2) is 5.26. The summed E-state index contributed by atoms with van der Waals surface area (Å²) in [4.78, 5) is 2.96. The summed E-state index contributed by atoms with van der Waals surface area (Å²) in [6.07, 6.45) is 5.65. The largest absolute Gasteiger partial charge is 0.309 e. The zero-order chi connectivity index (χ0) is 12.7. The minimum atomic E-state index is 0.621. The minimum absolute atomic E-state index is 0.621. The highest BCUT2D eigenvalue weighted by molar-refractivity contribution is 9.10. The van der Waals surface area contributed by atoms with E-state index in [1.165, 1.54) is 35.0 Å².